The Balaban J connectivity index is 0. The summed E-state index contributed by atoms with van der Waals surface area (Å²) in [5, 5.41) is 19.1. The maximum atomic E-state index is 9.98. The lowest BCUT2D eigenvalue weighted by Crippen LogP contribution is -2.39. The largest absolute Gasteiger partial charge is 0.480 e. The smallest absolute Gasteiger partial charge is 0.321 e. The van der Waals surface area contributed by atoms with Gasteiger partial charge < -0.3 is 21.3 Å². The van der Waals surface area contributed by atoms with Crippen LogP contribution in [-0.4, -0.2) is 59.0 Å². The van der Waals surface area contributed by atoms with Crippen molar-refractivity contribution in [3.05, 3.63) is 0 Å². The van der Waals surface area contributed by atoms with Crippen molar-refractivity contribution in [2.75, 3.05) is 12.3 Å². The Morgan fingerprint density at radius 1 is 1.26 bits per heavy atom. The van der Waals surface area contributed by atoms with Crippen LogP contribution in [0.4, 0.5) is 0 Å². The number of rotatable bonds is 5. The molecular weight excluding hydrogens is 280 g/mol. The van der Waals surface area contributed by atoms with Crippen LogP contribution in [0.2, 0.25) is 0 Å². The van der Waals surface area contributed by atoms with Crippen LogP contribution in [-0.2, 0) is 19.7 Å². The summed E-state index contributed by atoms with van der Waals surface area (Å²) in [6.07, 6.45) is 0. The van der Waals surface area contributed by atoms with Gasteiger partial charge in [0.15, 0.2) is 0 Å². The van der Waals surface area contributed by atoms with Crippen molar-refractivity contribution in [2.24, 2.45) is 5.73 Å². The first-order valence-electron chi connectivity index (χ1n) is 5.15. The van der Waals surface area contributed by atoms with Crippen LogP contribution >= 0.6 is 0 Å². The average Bonchev–Trinajstić information content (AvgIpc) is 2.11. The maximum absolute atomic E-state index is 9.98. The molecule has 0 aliphatic rings. The minimum Gasteiger partial charge on any atom is -0.480 e. The molecule has 19 heavy (non-hydrogen) atoms. The number of nitrogens with two attached hydrogens (primary N) is 1. The van der Waals surface area contributed by atoms with Gasteiger partial charge in [0.1, 0.15) is 11.8 Å². The van der Waals surface area contributed by atoms with Crippen LogP contribution < -0.4 is 11.1 Å². The minimum atomic E-state index is -4.27. The Bertz CT molecular complexity index is 399. The molecule has 6 N–H and O–H groups in total. The average molecular weight is 300 g/mol. The molecule has 0 bridgehead atoms. The highest BCUT2D eigenvalue weighted by atomic mass is 32.2. The summed E-state index contributed by atoms with van der Waals surface area (Å²) < 4.78 is 28.0. The molecule has 0 aliphatic heterocycles. The molecular formula is C9H20N2O7S. The Labute approximate surface area is 111 Å². The first-order valence-corrected chi connectivity index (χ1v) is 6.76. The Kier molecular flexibility index (Phi) is 8.51. The lowest BCUT2D eigenvalue weighted by molar-refractivity contribution is -0.138. The van der Waals surface area contributed by atoms with Gasteiger partial charge in [0.2, 0.25) is 0 Å². The summed E-state index contributed by atoms with van der Waals surface area (Å²) in [5.74, 6) is -3.23. The third kappa shape index (κ3) is 19.3. The zero-order valence-corrected chi connectivity index (χ0v) is 11.8. The number of hydrogen-bond acceptors (Lipinski definition) is 6. The Morgan fingerprint density at radius 3 is 1.79 bits per heavy atom. The molecule has 0 saturated carbocycles. The van der Waals surface area contributed by atoms with Gasteiger partial charge in [-0.25, -0.2) is 0 Å². The van der Waals surface area contributed by atoms with Crippen LogP contribution in [0.15, 0.2) is 0 Å². The zero-order valence-electron chi connectivity index (χ0n) is 11.0. The lowest BCUT2D eigenvalue weighted by atomic mass is 10.1. The molecule has 114 valence electrons. The molecule has 9 nitrogen and oxygen atoms in total. The van der Waals surface area contributed by atoms with Crippen molar-refractivity contribution in [3.63, 3.8) is 0 Å². The van der Waals surface area contributed by atoms with Crippen LogP contribution in [0.3, 0.4) is 0 Å². The SMILES string of the molecule is CC(C)(C)NCC(=O)O.NC(CS(=O)(=O)O)C(=O)O. The fourth-order valence-corrected chi connectivity index (χ4v) is 1.24. The first kappa shape index (κ1) is 20.1. The third-order valence-electron chi connectivity index (χ3n) is 1.48. The zero-order chi connectivity index (χ0) is 15.9. The standard InChI is InChI=1S/C6H13NO2.C3H7NO5S/c1-6(2,3)7-4-5(8)9;4-2(3(5)6)1-10(7,8)9/h7H,4H2,1-3H3,(H,8,9);2H,1,4H2,(H,5,6)(H,7,8,9). The monoisotopic (exact) mass is 300 g/mol. The third-order valence-corrected chi connectivity index (χ3v) is 2.26. The number of nitrogens with one attached hydrogen (secondary N) is 1. The van der Waals surface area contributed by atoms with E-state index in [-0.39, 0.29) is 12.1 Å². The van der Waals surface area contributed by atoms with Gasteiger partial charge in [-0.1, -0.05) is 0 Å². The number of aliphatic carboxylic acids is 2. The van der Waals surface area contributed by atoms with Crippen molar-refractivity contribution in [3.8, 4) is 0 Å². The van der Waals surface area contributed by atoms with E-state index < -0.39 is 33.9 Å². The molecule has 0 spiro atoms. The highest BCUT2D eigenvalue weighted by molar-refractivity contribution is 7.85. The number of carboxylic acid groups (broad SMARTS) is 2. The summed E-state index contributed by atoms with van der Waals surface area (Å²) in [6.45, 7) is 5.81. The molecule has 0 aliphatic carbocycles. The highest BCUT2D eigenvalue weighted by Gasteiger charge is 2.18. The summed E-state index contributed by atoms with van der Waals surface area (Å²) in [5.41, 5.74) is 4.67. The summed E-state index contributed by atoms with van der Waals surface area (Å²) in [6, 6.07) is -1.56. The Hall–Kier alpha value is -1.23. The molecule has 1 atom stereocenters. The van der Waals surface area contributed by atoms with Gasteiger partial charge >= 0.3 is 11.9 Å². The normalized spacial score (nSPS) is 13.1. The number of hydrogen-bond donors (Lipinski definition) is 5. The molecule has 0 fully saturated rings. The van der Waals surface area contributed by atoms with E-state index in [0.29, 0.717) is 0 Å². The molecule has 0 radical (unpaired) electrons. The number of carboxylic acids is 2. The second-order valence-electron chi connectivity index (χ2n) is 4.69. The van der Waals surface area contributed by atoms with Gasteiger partial charge in [0.05, 0.1) is 6.54 Å². The van der Waals surface area contributed by atoms with Crippen LogP contribution in [0, 0.1) is 0 Å². The van der Waals surface area contributed by atoms with E-state index in [2.05, 4.69) is 5.32 Å². The van der Waals surface area contributed by atoms with Gasteiger partial charge in [-0.05, 0) is 20.8 Å². The minimum absolute atomic E-state index is 0.0312. The van der Waals surface area contributed by atoms with Gasteiger partial charge in [-0.2, -0.15) is 8.42 Å². The molecule has 0 rings (SSSR count). The molecule has 1 unspecified atom stereocenters. The van der Waals surface area contributed by atoms with E-state index >= 15 is 0 Å². The van der Waals surface area contributed by atoms with Gasteiger partial charge in [-0.15, -0.1) is 0 Å². The van der Waals surface area contributed by atoms with E-state index in [4.69, 9.17) is 20.5 Å². The molecule has 0 aromatic heterocycles. The Morgan fingerprint density at radius 2 is 1.68 bits per heavy atom. The van der Waals surface area contributed by atoms with Crippen molar-refractivity contribution in [1.82, 2.24) is 5.32 Å². The molecule has 0 saturated heterocycles. The van der Waals surface area contributed by atoms with E-state index in [1.54, 1.807) is 0 Å². The van der Waals surface area contributed by atoms with E-state index in [9.17, 15) is 18.0 Å². The fraction of sp³-hybridized carbons (Fsp3) is 0.778. The van der Waals surface area contributed by atoms with E-state index in [0.717, 1.165) is 0 Å². The van der Waals surface area contributed by atoms with E-state index in [1.165, 1.54) is 0 Å². The van der Waals surface area contributed by atoms with Crippen molar-refractivity contribution in [2.45, 2.75) is 32.4 Å². The van der Waals surface area contributed by atoms with Crippen LogP contribution in [0.1, 0.15) is 20.8 Å². The lowest BCUT2D eigenvalue weighted by Gasteiger charge is -2.18. The molecule has 0 amide bonds. The molecule has 0 aromatic rings. The molecule has 0 aromatic carbocycles. The van der Waals surface area contributed by atoms with Crippen molar-refractivity contribution < 1.29 is 32.8 Å². The van der Waals surface area contributed by atoms with Gasteiger partial charge in [0, 0.05) is 5.54 Å². The van der Waals surface area contributed by atoms with Crippen molar-refractivity contribution in [1.29, 1.82) is 0 Å². The quantitative estimate of drug-likeness (QED) is 0.389. The first-order chi connectivity index (χ1) is 8.24. The van der Waals surface area contributed by atoms with Crippen molar-refractivity contribution >= 4 is 22.1 Å². The maximum Gasteiger partial charge on any atom is 0.321 e. The predicted molar refractivity (Wildman–Crippen MR) is 67.4 cm³/mol. The second kappa shape index (κ2) is 8.04. The highest BCUT2D eigenvalue weighted by Crippen LogP contribution is 1.96. The molecule has 10 heteroatoms. The van der Waals surface area contributed by atoms with Gasteiger partial charge in [0.25, 0.3) is 10.1 Å². The van der Waals surface area contributed by atoms with Gasteiger partial charge in [-0.3, -0.25) is 14.1 Å². The summed E-state index contributed by atoms with van der Waals surface area (Å²) >= 11 is 0. The number of carbonyl (C=O) groups is 2. The van der Waals surface area contributed by atoms with Crippen LogP contribution in [0.25, 0.3) is 0 Å². The summed E-state index contributed by atoms with van der Waals surface area (Å²) in [7, 11) is -4.27. The summed E-state index contributed by atoms with van der Waals surface area (Å²) in [4.78, 5) is 19.9. The fourth-order valence-electron chi connectivity index (χ4n) is 0.639. The second-order valence-corrected chi connectivity index (χ2v) is 6.19. The molecule has 0 heterocycles. The topological polar surface area (TPSA) is 167 Å². The van der Waals surface area contributed by atoms with Crippen LogP contribution in [0.5, 0.6) is 0 Å². The predicted octanol–water partition coefficient (Wildman–Crippen LogP) is -1.25. The van der Waals surface area contributed by atoms with E-state index in [1.807, 2.05) is 20.8 Å².